The van der Waals surface area contributed by atoms with E-state index in [1.165, 1.54) is 0 Å². The number of anilines is 4. The van der Waals surface area contributed by atoms with E-state index in [-0.39, 0.29) is 19.8 Å². The minimum Gasteiger partial charge on any atom is -0.448 e. The van der Waals surface area contributed by atoms with E-state index >= 15 is 0 Å². The number of amides is 2. The molecule has 0 radical (unpaired) electrons. The zero-order chi connectivity index (χ0) is 37.3. The second-order valence-corrected chi connectivity index (χ2v) is 17.5. The van der Waals surface area contributed by atoms with Gasteiger partial charge in [0, 0.05) is 78.6 Å². The number of thioether (sulfide) groups is 2. The summed E-state index contributed by atoms with van der Waals surface area (Å²) in [5.41, 5.74) is 4.74. The zero-order valence-electron chi connectivity index (χ0n) is 29.6. The predicted octanol–water partition coefficient (Wildman–Crippen LogP) is 3.86. The van der Waals surface area contributed by atoms with Crippen LogP contribution >= 0.6 is 23.5 Å². The molecule has 15 nitrogen and oxygen atoms in total. The molecular weight excluding hydrogens is 727 g/mol. The lowest BCUT2D eigenvalue weighted by atomic mass is 10.1. The molecule has 2 amide bonds. The van der Waals surface area contributed by atoms with Gasteiger partial charge in [-0.1, -0.05) is 0 Å². The van der Waals surface area contributed by atoms with E-state index in [9.17, 15) is 26.4 Å². The molecule has 0 saturated heterocycles. The van der Waals surface area contributed by atoms with Crippen LogP contribution in [0.15, 0.2) is 36.4 Å². The van der Waals surface area contributed by atoms with Crippen LogP contribution in [-0.2, 0) is 29.5 Å². The SMILES string of the molecule is CCN(CCNS(C)(=O)=O)c1ccc(NC(=O)OCCSCSCCOC(=O)Nc2ccc(N(CC)CCN(N)S(C)(=O)=O)cc2C)c(C)c1. The van der Waals surface area contributed by atoms with Gasteiger partial charge in [-0.3, -0.25) is 16.5 Å². The number of hydrogen-bond donors (Lipinski definition) is 4. The molecule has 0 unspecified atom stereocenters. The van der Waals surface area contributed by atoms with Crippen LogP contribution in [0.3, 0.4) is 0 Å². The summed E-state index contributed by atoms with van der Waals surface area (Å²) >= 11 is 3.21. The fourth-order valence-electron chi connectivity index (χ4n) is 4.52. The molecule has 2 rings (SSSR count). The first kappa shape index (κ1) is 43.2. The summed E-state index contributed by atoms with van der Waals surface area (Å²) in [6, 6.07) is 11.1. The molecular formula is C31H51N7O8S4. The second-order valence-electron chi connectivity index (χ2n) is 11.2. The number of nitrogens with two attached hydrogens (primary N) is 1. The molecule has 0 atom stereocenters. The van der Waals surface area contributed by atoms with Crippen LogP contribution in [-0.4, -0.2) is 115 Å². The van der Waals surface area contributed by atoms with Gasteiger partial charge in [-0.15, -0.1) is 27.9 Å². The van der Waals surface area contributed by atoms with Gasteiger partial charge in [-0.05, 0) is 75.2 Å². The highest BCUT2D eigenvalue weighted by Gasteiger charge is 2.15. The Morgan fingerprint density at radius 1 is 0.760 bits per heavy atom. The number of carbonyl (C=O) groups excluding carboxylic acids is 2. The van der Waals surface area contributed by atoms with Crippen molar-refractivity contribution >= 4 is 78.5 Å². The lowest BCUT2D eigenvalue weighted by Crippen LogP contribution is -2.42. The van der Waals surface area contributed by atoms with Crippen molar-refractivity contribution in [2.45, 2.75) is 27.7 Å². The standard InChI is InChI=1S/C31H51N7O8S4/c1-7-36(14-13-33-49(5,41)42)26-9-11-28(24(3)21-26)34-30(39)45-17-19-47-23-48-20-18-46-31(40)35-29-12-10-27(22-25(29)4)37(8-2)15-16-38(32)50(6,43)44/h9-12,21-22,33H,7-8,13-20,23,32H2,1-6H3,(H,34,39)(H,35,40). The Morgan fingerprint density at radius 3 is 1.62 bits per heavy atom. The molecule has 0 aromatic heterocycles. The van der Waals surface area contributed by atoms with E-state index in [1.807, 2.05) is 61.8 Å². The fraction of sp³-hybridized carbons (Fsp3) is 0.548. The highest BCUT2D eigenvalue weighted by Crippen LogP contribution is 2.24. The predicted molar refractivity (Wildman–Crippen MR) is 206 cm³/mol. The monoisotopic (exact) mass is 777 g/mol. The molecule has 19 heteroatoms. The van der Waals surface area contributed by atoms with Crippen molar-refractivity contribution in [3.8, 4) is 0 Å². The molecule has 2 aromatic carbocycles. The first-order valence-corrected chi connectivity index (χ1v) is 22.0. The van der Waals surface area contributed by atoms with E-state index in [2.05, 4.69) is 15.4 Å². The van der Waals surface area contributed by atoms with Gasteiger partial charge in [-0.25, -0.2) is 31.1 Å². The Balaban J connectivity index is 1.62. The second kappa shape index (κ2) is 21.4. The van der Waals surface area contributed by atoms with Gasteiger partial charge >= 0.3 is 12.2 Å². The Hall–Kier alpha value is -2.94. The highest BCUT2D eigenvalue weighted by atomic mass is 32.2. The Morgan fingerprint density at radius 2 is 1.22 bits per heavy atom. The molecule has 282 valence electrons. The number of ether oxygens (including phenoxy) is 2. The lowest BCUT2D eigenvalue weighted by molar-refractivity contribution is 0.168. The topological polar surface area (TPSA) is 193 Å². The zero-order valence-corrected chi connectivity index (χ0v) is 32.8. The number of benzene rings is 2. The number of rotatable bonds is 22. The Bertz CT molecular complexity index is 1610. The Kier molecular flexibility index (Phi) is 18.5. The quantitative estimate of drug-likeness (QED) is 0.0584. The number of hydrogen-bond acceptors (Lipinski definition) is 13. The molecule has 50 heavy (non-hydrogen) atoms. The van der Waals surface area contributed by atoms with E-state index in [1.54, 1.807) is 35.7 Å². The van der Waals surface area contributed by atoms with Crippen LogP contribution in [0.4, 0.5) is 32.3 Å². The third kappa shape index (κ3) is 16.4. The van der Waals surface area contributed by atoms with Gasteiger partial charge in [0.2, 0.25) is 20.0 Å². The fourth-order valence-corrected chi connectivity index (χ4v) is 7.21. The van der Waals surface area contributed by atoms with Crippen molar-refractivity contribution < 1.29 is 35.9 Å². The molecule has 5 N–H and O–H groups in total. The maximum atomic E-state index is 12.3. The highest BCUT2D eigenvalue weighted by molar-refractivity contribution is 8.16. The number of sulfonamides is 2. The van der Waals surface area contributed by atoms with Gasteiger partial charge in [0.05, 0.1) is 12.5 Å². The Labute approximate surface area is 305 Å². The van der Waals surface area contributed by atoms with Crippen LogP contribution < -0.4 is 31.0 Å². The van der Waals surface area contributed by atoms with Gasteiger partial charge in [0.1, 0.15) is 13.2 Å². The summed E-state index contributed by atoms with van der Waals surface area (Å²) in [5.74, 6) is 6.83. The molecule has 0 spiro atoms. The lowest BCUT2D eigenvalue weighted by Gasteiger charge is -2.26. The largest absolute Gasteiger partial charge is 0.448 e. The van der Waals surface area contributed by atoms with Gasteiger partial charge in [-0.2, -0.15) is 0 Å². The van der Waals surface area contributed by atoms with E-state index in [0.717, 1.165) is 44.5 Å². The van der Waals surface area contributed by atoms with Gasteiger partial charge in [0.15, 0.2) is 0 Å². The van der Waals surface area contributed by atoms with Crippen molar-refractivity contribution in [3.63, 3.8) is 0 Å². The number of likely N-dealkylation sites (N-methyl/N-ethyl adjacent to an activating group) is 2. The average molecular weight is 778 g/mol. The molecule has 0 heterocycles. The maximum Gasteiger partial charge on any atom is 0.411 e. The summed E-state index contributed by atoms with van der Waals surface area (Å²) in [5, 5.41) is 6.26. The summed E-state index contributed by atoms with van der Waals surface area (Å²) < 4.78 is 59.7. The first-order valence-electron chi connectivity index (χ1n) is 15.9. The van der Waals surface area contributed by atoms with Crippen LogP contribution in [0.25, 0.3) is 0 Å². The molecule has 2 aromatic rings. The van der Waals surface area contributed by atoms with E-state index in [0.29, 0.717) is 55.6 Å². The van der Waals surface area contributed by atoms with E-state index < -0.39 is 32.2 Å². The smallest absolute Gasteiger partial charge is 0.411 e. The van der Waals surface area contributed by atoms with Crippen LogP contribution in [0.5, 0.6) is 0 Å². The summed E-state index contributed by atoms with van der Waals surface area (Å²) in [7, 11) is -6.71. The van der Waals surface area contributed by atoms with Crippen molar-refractivity contribution in [1.82, 2.24) is 9.14 Å². The number of carbonyl (C=O) groups is 2. The molecule has 0 aliphatic heterocycles. The van der Waals surface area contributed by atoms with Crippen LogP contribution in [0.1, 0.15) is 25.0 Å². The average Bonchev–Trinajstić information content (AvgIpc) is 3.03. The summed E-state index contributed by atoms with van der Waals surface area (Å²) in [6.07, 6.45) is 1.10. The van der Waals surface area contributed by atoms with Gasteiger partial charge < -0.3 is 19.3 Å². The van der Waals surface area contributed by atoms with Crippen molar-refractivity contribution in [1.29, 1.82) is 0 Å². The van der Waals surface area contributed by atoms with Crippen molar-refractivity contribution in [2.24, 2.45) is 5.84 Å². The third-order valence-corrected chi connectivity index (χ3v) is 11.2. The minimum absolute atomic E-state index is 0.146. The third-order valence-electron chi connectivity index (χ3n) is 7.24. The molecule has 0 bridgehead atoms. The van der Waals surface area contributed by atoms with Crippen molar-refractivity contribution in [3.05, 3.63) is 47.5 Å². The normalized spacial score (nSPS) is 11.7. The minimum atomic E-state index is -3.46. The number of nitrogens with one attached hydrogen (secondary N) is 3. The summed E-state index contributed by atoms with van der Waals surface area (Å²) in [4.78, 5) is 28.7. The van der Waals surface area contributed by atoms with Crippen molar-refractivity contribution in [2.75, 3.05) is 102 Å². The molecule has 0 aliphatic carbocycles. The molecule has 0 fully saturated rings. The van der Waals surface area contributed by atoms with Crippen LogP contribution in [0.2, 0.25) is 0 Å². The first-order chi connectivity index (χ1) is 23.5. The molecule has 0 aliphatic rings. The summed E-state index contributed by atoms with van der Waals surface area (Å²) in [6.45, 7) is 10.9. The number of nitrogens with zero attached hydrogens (tertiary/aromatic N) is 3. The van der Waals surface area contributed by atoms with Crippen LogP contribution in [0, 0.1) is 13.8 Å². The number of aryl methyl sites for hydroxylation is 2. The molecule has 0 saturated carbocycles. The maximum absolute atomic E-state index is 12.3. The van der Waals surface area contributed by atoms with Gasteiger partial charge in [0.25, 0.3) is 0 Å². The van der Waals surface area contributed by atoms with E-state index in [4.69, 9.17) is 15.3 Å². The number of hydrazine groups is 1.